The number of pyridine rings is 1. The molecule has 148 valence electrons. The first-order chi connectivity index (χ1) is 12.4. The summed E-state index contributed by atoms with van der Waals surface area (Å²) in [6.07, 6.45) is 6.22. The molecule has 0 aromatic carbocycles. The fraction of sp³-hybridized carbons (Fsp3) is 0.700. The Labute approximate surface area is 156 Å². The molecular formula is C20H33FN2O3. The number of nitrogens with zero attached hydrogens (tertiary/aromatic N) is 2. The number of carbonyl (C=O) groups excluding carboxylic acids is 1. The molecule has 0 saturated carbocycles. The van der Waals surface area contributed by atoms with Gasteiger partial charge < -0.3 is 14.4 Å². The number of ether oxygens (including phenoxy) is 2. The third-order valence-corrected chi connectivity index (χ3v) is 3.83. The first-order valence-electron chi connectivity index (χ1n) is 9.51. The summed E-state index contributed by atoms with van der Waals surface area (Å²) in [6.45, 7) is 10.4. The summed E-state index contributed by atoms with van der Waals surface area (Å²) in [5.74, 6) is 0.684. The van der Waals surface area contributed by atoms with Gasteiger partial charge in [-0.1, -0.05) is 13.8 Å². The standard InChI is InChI=1S/C18H27FN2O3.C2H6/c1-18(2,3)24-17(22)21-9-7-15(21)13-23-16-10-14(11-20-12-16)6-4-5-8-19;1-2/h10-12,15H,4-9,13H2,1-3H3;1-2H3. The lowest BCUT2D eigenvalue weighted by Gasteiger charge is -2.40. The number of likely N-dealkylation sites (tertiary alicyclic amines) is 1. The Hall–Kier alpha value is -1.85. The van der Waals surface area contributed by atoms with E-state index in [1.54, 1.807) is 17.3 Å². The van der Waals surface area contributed by atoms with Crippen LogP contribution in [-0.4, -0.2) is 47.4 Å². The van der Waals surface area contributed by atoms with E-state index in [2.05, 4.69) is 4.98 Å². The van der Waals surface area contributed by atoms with Gasteiger partial charge in [0.1, 0.15) is 18.0 Å². The molecule has 1 unspecified atom stereocenters. The molecule has 1 aliphatic rings. The minimum absolute atomic E-state index is 0.0371. The monoisotopic (exact) mass is 368 g/mol. The molecule has 0 N–H and O–H groups in total. The van der Waals surface area contributed by atoms with Crippen LogP contribution in [-0.2, 0) is 11.2 Å². The van der Waals surface area contributed by atoms with Crippen molar-refractivity contribution < 1.29 is 18.7 Å². The second kappa shape index (κ2) is 11.0. The number of halogens is 1. The number of alkyl halides is 1. The van der Waals surface area contributed by atoms with E-state index in [9.17, 15) is 9.18 Å². The minimum atomic E-state index is -0.490. The van der Waals surface area contributed by atoms with Gasteiger partial charge in [0.05, 0.1) is 18.9 Å². The van der Waals surface area contributed by atoms with Crippen LogP contribution in [0.5, 0.6) is 5.75 Å². The number of amides is 1. The van der Waals surface area contributed by atoms with E-state index in [-0.39, 0.29) is 18.8 Å². The summed E-state index contributed by atoms with van der Waals surface area (Å²) in [4.78, 5) is 17.9. The highest BCUT2D eigenvalue weighted by atomic mass is 19.1. The molecule has 1 atom stereocenters. The molecule has 1 saturated heterocycles. The third-order valence-electron chi connectivity index (χ3n) is 3.83. The maximum Gasteiger partial charge on any atom is 0.410 e. The lowest BCUT2D eigenvalue weighted by molar-refractivity contribution is -0.0141. The molecule has 0 spiro atoms. The molecule has 0 radical (unpaired) electrons. The summed E-state index contributed by atoms with van der Waals surface area (Å²) in [6, 6.07) is 1.97. The van der Waals surface area contributed by atoms with Crippen molar-refractivity contribution in [2.24, 2.45) is 0 Å². The lowest BCUT2D eigenvalue weighted by Crippen LogP contribution is -2.55. The average molecular weight is 368 g/mol. The van der Waals surface area contributed by atoms with Crippen molar-refractivity contribution in [3.63, 3.8) is 0 Å². The smallest absolute Gasteiger partial charge is 0.410 e. The van der Waals surface area contributed by atoms with Gasteiger partial charge in [0, 0.05) is 12.7 Å². The topological polar surface area (TPSA) is 51.7 Å². The van der Waals surface area contributed by atoms with Gasteiger partial charge in [0.15, 0.2) is 0 Å². The molecule has 1 fully saturated rings. The molecular weight excluding hydrogens is 335 g/mol. The Balaban J connectivity index is 0.00000163. The van der Waals surface area contributed by atoms with Gasteiger partial charge in [-0.05, 0) is 58.1 Å². The van der Waals surface area contributed by atoms with E-state index in [0.717, 1.165) is 24.8 Å². The first-order valence-corrected chi connectivity index (χ1v) is 9.51. The predicted molar refractivity (Wildman–Crippen MR) is 101 cm³/mol. The van der Waals surface area contributed by atoms with E-state index < -0.39 is 5.60 Å². The fourth-order valence-corrected chi connectivity index (χ4v) is 2.47. The van der Waals surface area contributed by atoms with Gasteiger partial charge in [-0.25, -0.2) is 4.79 Å². The Morgan fingerprint density at radius 3 is 2.62 bits per heavy atom. The Morgan fingerprint density at radius 1 is 1.31 bits per heavy atom. The quantitative estimate of drug-likeness (QED) is 0.650. The highest BCUT2D eigenvalue weighted by molar-refractivity contribution is 5.69. The van der Waals surface area contributed by atoms with Crippen LogP contribution in [0.25, 0.3) is 0 Å². The highest BCUT2D eigenvalue weighted by Crippen LogP contribution is 2.22. The van der Waals surface area contributed by atoms with Gasteiger partial charge in [0.25, 0.3) is 0 Å². The van der Waals surface area contributed by atoms with E-state index in [0.29, 0.717) is 25.3 Å². The second-order valence-corrected chi connectivity index (χ2v) is 7.10. The first kappa shape index (κ1) is 22.2. The zero-order chi connectivity index (χ0) is 19.6. The van der Waals surface area contributed by atoms with Gasteiger partial charge in [-0.15, -0.1) is 0 Å². The van der Waals surface area contributed by atoms with Crippen LogP contribution in [0.15, 0.2) is 18.5 Å². The van der Waals surface area contributed by atoms with Crippen LogP contribution in [0.3, 0.4) is 0 Å². The maximum absolute atomic E-state index is 12.2. The van der Waals surface area contributed by atoms with Crippen LogP contribution in [0, 0.1) is 0 Å². The molecule has 6 heteroatoms. The summed E-state index contributed by atoms with van der Waals surface area (Å²) in [7, 11) is 0. The van der Waals surface area contributed by atoms with Crippen LogP contribution in [0.1, 0.15) is 59.4 Å². The maximum atomic E-state index is 12.2. The number of carbonyl (C=O) groups is 1. The van der Waals surface area contributed by atoms with Crippen molar-refractivity contribution in [3.05, 3.63) is 24.0 Å². The number of hydrogen-bond donors (Lipinski definition) is 0. The Bertz CT molecular complexity index is 546. The Kier molecular flexibility index (Phi) is 9.38. The predicted octanol–water partition coefficient (Wildman–Crippen LogP) is 4.79. The van der Waals surface area contributed by atoms with Crippen molar-refractivity contribution in [3.8, 4) is 5.75 Å². The van der Waals surface area contributed by atoms with Crippen LogP contribution in [0.4, 0.5) is 9.18 Å². The van der Waals surface area contributed by atoms with Crippen LogP contribution in [0.2, 0.25) is 0 Å². The number of aromatic nitrogens is 1. The Morgan fingerprint density at radius 2 is 2.04 bits per heavy atom. The van der Waals surface area contributed by atoms with Crippen molar-refractivity contribution in [1.29, 1.82) is 0 Å². The summed E-state index contributed by atoms with van der Waals surface area (Å²) >= 11 is 0. The van der Waals surface area contributed by atoms with Crippen molar-refractivity contribution >= 4 is 6.09 Å². The molecule has 26 heavy (non-hydrogen) atoms. The molecule has 5 nitrogen and oxygen atoms in total. The fourth-order valence-electron chi connectivity index (χ4n) is 2.47. The number of aryl methyl sites for hydroxylation is 1. The van der Waals surface area contributed by atoms with E-state index in [4.69, 9.17) is 9.47 Å². The summed E-state index contributed by atoms with van der Waals surface area (Å²) in [5.41, 5.74) is 0.550. The van der Waals surface area contributed by atoms with Crippen molar-refractivity contribution in [1.82, 2.24) is 9.88 Å². The summed E-state index contributed by atoms with van der Waals surface area (Å²) in [5, 5.41) is 0. The molecule has 2 heterocycles. The number of hydrogen-bond acceptors (Lipinski definition) is 4. The van der Waals surface area contributed by atoms with Crippen molar-refractivity contribution in [2.75, 3.05) is 19.8 Å². The molecule has 1 aromatic rings. The largest absolute Gasteiger partial charge is 0.490 e. The number of rotatable bonds is 7. The van der Waals surface area contributed by atoms with Crippen LogP contribution < -0.4 is 4.74 Å². The molecule has 1 amide bonds. The zero-order valence-corrected chi connectivity index (χ0v) is 16.8. The van der Waals surface area contributed by atoms with Gasteiger partial charge in [0.2, 0.25) is 0 Å². The molecule has 0 bridgehead atoms. The van der Waals surface area contributed by atoms with Gasteiger partial charge in [-0.2, -0.15) is 0 Å². The average Bonchev–Trinajstić information content (AvgIpc) is 2.55. The van der Waals surface area contributed by atoms with Gasteiger partial charge >= 0.3 is 6.09 Å². The molecule has 2 rings (SSSR count). The van der Waals surface area contributed by atoms with Crippen molar-refractivity contribution in [2.45, 2.75) is 71.9 Å². The third kappa shape index (κ3) is 7.58. The van der Waals surface area contributed by atoms with E-state index in [1.165, 1.54) is 0 Å². The van der Waals surface area contributed by atoms with E-state index in [1.807, 2.05) is 40.7 Å². The molecule has 1 aliphatic heterocycles. The second-order valence-electron chi connectivity index (χ2n) is 7.10. The normalized spacial score (nSPS) is 16.2. The minimum Gasteiger partial charge on any atom is -0.490 e. The number of unbranched alkanes of at least 4 members (excludes halogenated alkanes) is 1. The zero-order valence-electron chi connectivity index (χ0n) is 16.8. The SMILES string of the molecule is CC.CC(C)(C)OC(=O)N1CCC1COc1cncc(CCCCF)c1. The van der Waals surface area contributed by atoms with E-state index >= 15 is 0 Å². The molecule has 0 aliphatic carbocycles. The molecule has 1 aromatic heterocycles. The summed E-state index contributed by atoms with van der Waals surface area (Å²) < 4.78 is 23.3. The van der Waals surface area contributed by atoms with Crippen LogP contribution >= 0.6 is 0 Å². The lowest BCUT2D eigenvalue weighted by atomic mass is 10.1. The van der Waals surface area contributed by atoms with Gasteiger partial charge in [-0.3, -0.25) is 9.37 Å². The highest BCUT2D eigenvalue weighted by Gasteiger charge is 2.35.